The number of rotatable bonds is 1. The molecule has 0 bridgehead atoms. The normalized spacial score (nSPS) is 11.5. The smallest absolute Gasteiger partial charge is 0.240 e. The van der Waals surface area contributed by atoms with Crippen LogP contribution < -0.4 is 5.14 Å². The lowest BCUT2D eigenvalue weighted by Gasteiger charge is -1.95. The Balaban J connectivity index is 3.20. The SMILES string of the molecule is Cc1ncc(S(N)(=O)=O)cn1. The molecule has 1 heterocycles. The fourth-order valence-electron chi connectivity index (χ4n) is 0.528. The van der Waals surface area contributed by atoms with Gasteiger partial charge in [-0.25, -0.2) is 23.5 Å². The summed E-state index contributed by atoms with van der Waals surface area (Å²) in [7, 11) is -3.64. The molecule has 5 nitrogen and oxygen atoms in total. The van der Waals surface area contributed by atoms with Gasteiger partial charge in [0.25, 0.3) is 0 Å². The van der Waals surface area contributed by atoms with Crippen molar-refractivity contribution < 1.29 is 8.42 Å². The average Bonchev–Trinajstić information content (AvgIpc) is 1.86. The number of aryl methyl sites for hydroxylation is 1. The molecule has 60 valence electrons. The molecule has 0 aliphatic carbocycles. The van der Waals surface area contributed by atoms with Gasteiger partial charge in [-0.2, -0.15) is 0 Å². The van der Waals surface area contributed by atoms with Gasteiger partial charge in [-0.05, 0) is 6.92 Å². The lowest BCUT2D eigenvalue weighted by Crippen LogP contribution is -2.12. The topological polar surface area (TPSA) is 85.9 Å². The van der Waals surface area contributed by atoms with Crippen molar-refractivity contribution in [1.82, 2.24) is 9.97 Å². The molecular weight excluding hydrogens is 166 g/mol. The van der Waals surface area contributed by atoms with Crippen LogP contribution in [0.4, 0.5) is 0 Å². The molecule has 0 fully saturated rings. The van der Waals surface area contributed by atoms with Gasteiger partial charge in [0.15, 0.2) is 0 Å². The number of sulfonamides is 1. The van der Waals surface area contributed by atoms with Crippen LogP contribution in [0.3, 0.4) is 0 Å². The van der Waals surface area contributed by atoms with Crippen molar-refractivity contribution in [2.75, 3.05) is 0 Å². The molecule has 1 aromatic heterocycles. The Kier molecular flexibility index (Phi) is 1.88. The van der Waals surface area contributed by atoms with E-state index in [0.29, 0.717) is 5.82 Å². The third-order valence-electron chi connectivity index (χ3n) is 1.09. The van der Waals surface area contributed by atoms with E-state index in [-0.39, 0.29) is 4.90 Å². The lowest BCUT2D eigenvalue weighted by atomic mass is 10.6. The summed E-state index contributed by atoms with van der Waals surface area (Å²) in [5.41, 5.74) is 0. The maximum atomic E-state index is 10.6. The highest BCUT2D eigenvalue weighted by Gasteiger charge is 2.06. The van der Waals surface area contributed by atoms with E-state index in [4.69, 9.17) is 5.14 Å². The van der Waals surface area contributed by atoms with Gasteiger partial charge in [-0.15, -0.1) is 0 Å². The minimum Gasteiger partial charge on any atom is -0.240 e. The molecule has 0 radical (unpaired) electrons. The summed E-state index contributed by atoms with van der Waals surface area (Å²) in [5.74, 6) is 0.511. The number of nitrogens with zero attached hydrogens (tertiary/aromatic N) is 2. The predicted octanol–water partition coefficient (Wildman–Crippen LogP) is -0.568. The predicted molar refractivity (Wildman–Crippen MR) is 38.1 cm³/mol. The number of hydrogen-bond acceptors (Lipinski definition) is 4. The molecule has 11 heavy (non-hydrogen) atoms. The van der Waals surface area contributed by atoms with Crippen LogP contribution in [-0.4, -0.2) is 18.4 Å². The van der Waals surface area contributed by atoms with E-state index in [1.165, 1.54) is 12.4 Å². The zero-order chi connectivity index (χ0) is 8.48. The number of nitrogens with two attached hydrogens (primary N) is 1. The first-order chi connectivity index (χ1) is 5.00. The van der Waals surface area contributed by atoms with E-state index in [9.17, 15) is 8.42 Å². The second-order valence-corrected chi connectivity index (χ2v) is 3.57. The summed E-state index contributed by atoms with van der Waals surface area (Å²) in [6.45, 7) is 1.66. The third kappa shape index (κ3) is 1.95. The summed E-state index contributed by atoms with van der Waals surface area (Å²) in [6, 6.07) is 0. The van der Waals surface area contributed by atoms with Crippen molar-refractivity contribution in [2.24, 2.45) is 5.14 Å². The quantitative estimate of drug-likeness (QED) is 0.616. The Morgan fingerprint density at radius 2 is 1.82 bits per heavy atom. The third-order valence-corrected chi connectivity index (χ3v) is 1.95. The maximum Gasteiger partial charge on any atom is 0.241 e. The standard InChI is InChI=1S/C5H7N3O2S/c1-4-7-2-5(3-8-4)11(6,9)10/h2-3H,1H3,(H2,6,9,10). The zero-order valence-electron chi connectivity index (χ0n) is 5.85. The van der Waals surface area contributed by atoms with E-state index in [1.807, 2.05) is 0 Å². The summed E-state index contributed by atoms with van der Waals surface area (Å²) in [6.07, 6.45) is 2.36. The van der Waals surface area contributed by atoms with Gasteiger partial charge in [0.2, 0.25) is 10.0 Å². The van der Waals surface area contributed by atoms with Crippen molar-refractivity contribution in [3.05, 3.63) is 18.2 Å². The molecule has 2 N–H and O–H groups in total. The molecule has 0 unspecified atom stereocenters. The van der Waals surface area contributed by atoms with Gasteiger partial charge >= 0.3 is 0 Å². The molecule has 1 aromatic rings. The summed E-state index contributed by atoms with van der Waals surface area (Å²) in [5, 5.41) is 4.80. The molecular formula is C5H7N3O2S. The Morgan fingerprint density at radius 3 is 2.18 bits per heavy atom. The summed E-state index contributed by atoms with van der Waals surface area (Å²) in [4.78, 5) is 7.28. The van der Waals surface area contributed by atoms with Crippen LogP contribution in [0.1, 0.15) is 5.82 Å². The molecule has 0 amide bonds. The molecule has 0 spiro atoms. The molecule has 0 aromatic carbocycles. The van der Waals surface area contributed by atoms with Crippen LogP contribution in [0.5, 0.6) is 0 Å². The molecule has 0 saturated carbocycles. The van der Waals surface area contributed by atoms with Crippen LogP contribution in [0.15, 0.2) is 17.3 Å². The Hall–Kier alpha value is -1.01. The number of primary sulfonamides is 1. The average molecular weight is 173 g/mol. The first-order valence-corrected chi connectivity index (χ1v) is 4.36. The van der Waals surface area contributed by atoms with Crippen molar-refractivity contribution in [3.63, 3.8) is 0 Å². The van der Waals surface area contributed by atoms with E-state index in [0.717, 1.165) is 0 Å². The lowest BCUT2D eigenvalue weighted by molar-refractivity contribution is 0.596. The molecule has 0 aliphatic heterocycles. The first-order valence-electron chi connectivity index (χ1n) is 2.81. The fraction of sp³-hybridized carbons (Fsp3) is 0.200. The van der Waals surface area contributed by atoms with Gasteiger partial charge in [0, 0.05) is 0 Å². The van der Waals surface area contributed by atoms with Gasteiger partial charge in [0.05, 0.1) is 12.4 Å². The fourth-order valence-corrected chi connectivity index (χ4v) is 0.927. The Morgan fingerprint density at radius 1 is 1.36 bits per heavy atom. The van der Waals surface area contributed by atoms with Crippen LogP contribution >= 0.6 is 0 Å². The number of aromatic nitrogens is 2. The van der Waals surface area contributed by atoms with E-state index in [2.05, 4.69) is 9.97 Å². The highest BCUT2D eigenvalue weighted by Crippen LogP contribution is 2.00. The molecule has 0 saturated heterocycles. The highest BCUT2D eigenvalue weighted by molar-refractivity contribution is 7.89. The monoisotopic (exact) mass is 173 g/mol. The van der Waals surface area contributed by atoms with Crippen LogP contribution in [0.2, 0.25) is 0 Å². The minimum atomic E-state index is -3.64. The minimum absolute atomic E-state index is 0.0666. The maximum absolute atomic E-state index is 10.6. The number of hydrogen-bond donors (Lipinski definition) is 1. The molecule has 6 heteroatoms. The van der Waals surface area contributed by atoms with Crippen LogP contribution in [0, 0.1) is 6.92 Å². The summed E-state index contributed by atoms with van der Waals surface area (Å²) < 4.78 is 21.3. The largest absolute Gasteiger partial charge is 0.241 e. The molecule has 0 atom stereocenters. The van der Waals surface area contributed by atoms with Crippen molar-refractivity contribution in [2.45, 2.75) is 11.8 Å². The van der Waals surface area contributed by atoms with Gasteiger partial charge in [0.1, 0.15) is 10.7 Å². The van der Waals surface area contributed by atoms with Crippen molar-refractivity contribution >= 4 is 10.0 Å². The van der Waals surface area contributed by atoms with E-state index < -0.39 is 10.0 Å². The van der Waals surface area contributed by atoms with E-state index >= 15 is 0 Å². The van der Waals surface area contributed by atoms with E-state index in [1.54, 1.807) is 6.92 Å². The first kappa shape index (κ1) is 8.09. The highest BCUT2D eigenvalue weighted by atomic mass is 32.2. The van der Waals surface area contributed by atoms with Crippen LogP contribution in [-0.2, 0) is 10.0 Å². The Bertz CT molecular complexity index is 342. The van der Waals surface area contributed by atoms with Crippen LogP contribution in [0.25, 0.3) is 0 Å². The molecule has 1 rings (SSSR count). The second kappa shape index (κ2) is 2.55. The van der Waals surface area contributed by atoms with Crippen molar-refractivity contribution in [3.8, 4) is 0 Å². The Labute approximate surface area is 64.3 Å². The molecule has 0 aliphatic rings. The van der Waals surface area contributed by atoms with Crippen molar-refractivity contribution in [1.29, 1.82) is 0 Å². The zero-order valence-corrected chi connectivity index (χ0v) is 6.67. The van der Waals surface area contributed by atoms with Gasteiger partial charge in [-0.1, -0.05) is 0 Å². The summed E-state index contributed by atoms with van der Waals surface area (Å²) >= 11 is 0. The van der Waals surface area contributed by atoms with Gasteiger partial charge < -0.3 is 0 Å². The second-order valence-electron chi connectivity index (χ2n) is 2.01. The van der Waals surface area contributed by atoms with Gasteiger partial charge in [-0.3, -0.25) is 0 Å².